The van der Waals surface area contributed by atoms with E-state index in [1.165, 1.54) is 21.5 Å². The molecule has 2 unspecified atom stereocenters. The van der Waals surface area contributed by atoms with Crippen LogP contribution < -0.4 is 10.6 Å². The van der Waals surface area contributed by atoms with Crippen LogP contribution in [0.25, 0.3) is 0 Å². The van der Waals surface area contributed by atoms with Gasteiger partial charge in [-0.1, -0.05) is 13.8 Å². The molecule has 5 heteroatoms. The van der Waals surface area contributed by atoms with E-state index in [2.05, 4.69) is 37.4 Å². The fraction of sp³-hybridized carbons (Fsp3) is 0.750. The summed E-state index contributed by atoms with van der Waals surface area (Å²) >= 11 is 3.83. The molecule has 1 saturated heterocycles. The molecule has 2 heterocycles. The van der Waals surface area contributed by atoms with Gasteiger partial charge in [0.1, 0.15) is 0 Å². The monoisotopic (exact) mass is 271 g/mol. The molecule has 2 N–H and O–H groups in total. The third-order valence-corrected chi connectivity index (χ3v) is 5.91. The number of anilines is 1. The van der Waals surface area contributed by atoms with Crippen molar-refractivity contribution >= 4 is 28.2 Å². The minimum Gasteiger partial charge on any atom is -0.343 e. The molecular formula is C12H21N3S2. The van der Waals surface area contributed by atoms with Crippen LogP contribution in [0.3, 0.4) is 0 Å². The first-order valence-corrected chi connectivity index (χ1v) is 8.10. The summed E-state index contributed by atoms with van der Waals surface area (Å²) in [5.41, 5.74) is 6.96. The zero-order valence-corrected chi connectivity index (χ0v) is 12.4. The number of hydrogen-bond acceptors (Lipinski definition) is 5. The van der Waals surface area contributed by atoms with E-state index in [-0.39, 0.29) is 0 Å². The van der Waals surface area contributed by atoms with Crippen molar-refractivity contribution in [3.8, 4) is 0 Å². The van der Waals surface area contributed by atoms with E-state index in [1.807, 2.05) is 0 Å². The summed E-state index contributed by atoms with van der Waals surface area (Å²) in [7, 11) is 0. The molecule has 1 aromatic heterocycles. The molecule has 96 valence electrons. The molecular weight excluding hydrogens is 250 g/mol. The van der Waals surface area contributed by atoms with Crippen LogP contribution in [0.15, 0.2) is 0 Å². The van der Waals surface area contributed by atoms with Crippen LogP contribution in [0.1, 0.15) is 31.3 Å². The summed E-state index contributed by atoms with van der Waals surface area (Å²) < 4.78 is 0. The van der Waals surface area contributed by atoms with Crippen molar-refractivity contribution in [3.63, 3.8) is 0 Å². The molecule has 0 spiro atoms. The van der Waals surface area contributed by atoms with Gasteiger partial charge in [-0.25, -0.2) is 4.98 Å². The van der Waals surface area contributed by atoms with Crippen LogP contribution in [0.5, 0.6) is 0 Å². The average Bonchev–Trinajstić information content (AvgIpc) is 2.75. The summed E-state index contributed by atoms with van der Waals surface area (Å²) in [5, 5.41) is 1.85. The lowest BCUT2D eigenvalue weighted by molar-refractivity contribution is 0.625. The Morgan fingerprint density at radius 3 is 2.82 bits per heavy atom. The molecule has 3 nitrogen and oxygen atoms in total. The maximum atomic E-state index is 5.78. The van der Waals surface area contributed by atoms with E-state index >= 15 is 0 Å². The summed E-state index contributed by atoms with van der Waals surface area (Å²) in [6.45, 7) is 8.48. The molecule has 0 saturated carbocycles. The molecule has 17 heavy (non-hydrogen) atoms. The van der Waals surface area contributed by atoms with E-state index in [0.717, 1.165) is 13.0 Å². The smallest absolute Gasteiger partial charge is 0.186 e. The number of aromatic nitrogens is 1. The summed E-state index contributed by atoms with van der Waals surface area (Å²) in [5.74, 6) is 1.20. The molecule has 0 bridgehead atoms. The van der Waals surface area contributed by atoms with Crippen LogP contribution in [0.4, 0.5) is 5.13 Å². The van der Waals surface area contributed by atoms with Crippen molar-refractivity contribution < 1.29 is 0 Å². The Morgan fingerprint density at radius 2 is 2.24 bits per heavy atom. The largest absolute Gasteiger partial charge is 0.343 e. The highest BCUT2D eigenvalue weighted by atomic mass is 32.2. The number of thiazole rings is 1. The minimum absolute atomic E-state index is 0.565. The number of aryl methyl sites for hydroxylation is 1. The highest BCUT2D eigenvalue weighted by Gasteiger charge is 2.27. The van der Waals surface area contributed by atoms with Gasteiger partial charge < -0.3 is 10.6 Å². The van der Waals surface area contributed by atoms with Crippen molar-refractivity contribution in [3.05, 3.63) is 10.6 Å². The molecule has 0 aliphatic carbocycles. The molecule has 1 aliphatic rings. The predicted molar refractivity (Wildman–Crippen MR) is 78.1 cm³/mol. The molecule has 0 amide bonds. The summed E-state index contributed by atoms with van der Waals surface area (Å²) in [6.07, 6.45) is 0.982. The molecule has 1 fully saturated rings. The average molecular weight is 271 g/mol. The van der Waals surface area contributed by atoms with Gasteiger partial charge in [-0.2, -0.15) is 11.8 Å². The maximum absolute atomic E-state index is 5.78. The van der Waals surface area contributed by atoms with Crippen LogP contribution in [0.2, 0.25) is 0 Å². The Morgan fingerprint density at radius 1 is 1.47 bits per heavy atom. The Bertz CT molecular complexity index is 356. The number of thioether (sulfide) groups is 1. The van der Waals surface area contributed by atoms with Crippen molar-refractivity contribution in [2.75, 3.05) is 17.2 Å². The quantitative estimate of drug-likeness (QED) is 0.917. The van der Waals surface area contributed by atoms with Gasteiger partial charge in [0.25, 0.3) is 0 Å². The number of nitrogens with zero attached hydrogens (tertiary/aromatic N) is 2. The molecule has 1 aliphatic heterocycles. The van der Waals surface area contributed by atoms with Gasteiger partial charge in [-0.3, -0.25) is 0 Å². The molecule has 1 aromatic rings. The second kappa shape index (κ2) is 5.59. The minimum atomic E-state index is 0.565. The Hall–Kier alpha value is -0.260. The topological polar surface area (TPSA) is 42.2 Å². The van der Waals surface area contributed by atoms with Crippen molar-refractivity contribution in [2.45, 2.75) is 45.0 Å². The van der Waals surface area contributed by atoms with Crippen molar-refractivity contribution in [1.82, 2.24) is 4.98 Å². The maximum Gasteiger partial charge on any atom is 0.186 e. The van der Waals surface area contributed by atoms with Gasteiger partial charge >= 0.3 is 0 Å². The van der Waals surface area contributed by atoms with Gasteiger partial charge in [-0.05, 0) is 13.3 Å². The first kappa shape index (κ1) is 13.2. The Balaban J connectivity index is 2.23. The van der Waals surface area contributed by atoms with E-state index < -0.39 is 0 Å². The zero-order valence-electron chi connectivity index (χ0n) is 10.8. The van der Waals surface area contributed by atoms with E-state index in [9.17, 15) is 0 Å². The first-order valence-electron chi connectivity index (χ1n) is 6.24. The van der Waals surface area contributed by atoms with E-state index in [0.29, 0.717) is 17.8 Å². The fourth-order valence-electron chi connectivity index (χ4n) is 2.13. The standard InChI is InChI=1S/C12H21N3S2/c1-4-10-11(7-13)17-12(14-10)15-5-6-16-9(3)8(15)2/h8-9H,4-7,13H2,1-3H3. The van der Waals surface area contributed by atoms with Gasteiger partial charge in [-0.15, -0.1) is 11.3 Å². The normalized spacial score (nSPS) is 25.3. The molecule has 2 rings (SSSR count). The predicted octanol–water partition coefficient (Wildman–Crippen LogP) is 2.49. The fourth-order valence-corrected chi connectivity index (χ4v) is 4.37. The second-order valence-corrected chi connectivity index (χ2v) is 6.98. The van der Waals surface area contributed by atoms with Crippen LogP contribution in [-0.2, 0) is 13.0 Å². The third-order valence-electron chi connectivity index (χ3n) is 3.42. The SMILES string of the molecule is CCc1nc(N2CCSC(C)C2C)sc1CN. The van der Waals surface area contributed by atoms with Gasteiger partial charge in [0, 0.05) is 35.0 Å². The Labute approximate surface area is 112 Å². The summed E-state index contributed by atoms with van der Waals surface area (Å²) in [4.78, 5) is 8.46. The van der Waals surface area contributed by atoms with Crippen LogP contribution in [0, 0.1) is 0 Å². The van der Waals surface area contributed by atoms with Crippen LogP contribution in [-0.4, -0.2) is 28.6 Å². The highest BCUT2D eigenvalue weighted by Crippen LogP contribution is 2.33. The van der Waals surface area contributed by atoms with Crippen molar-refractivity contribution in [2.24, 2.45) is 5.73 Å². The lowest BCUT2D eigenvalue weighted by atomic mass is 10.2. The second-order valence-electron chi connectivity index (χ2n) is 4.43. The zero-order chi connectivity index (χ0) is 12.4. The number of rotatable bonds is 3. The lowest BCUT2D eigenvalue weighted by Crippen LogP contribution is -2.44. The van der Waals surface area contributed by atoms with E-state index in [4.69, 9.17) is 10.7 Å². The van der Waals surface area contributed by atoms with Gasteiger partial charge in [0.05, 0.1) is 5.69 Å². The third kappa shape index (κ3) is 2.61. The van der Waals surface area contributed by atoms with Gasteiger partial charge in [0.2, 0.25) is 0 Å². The molecule has 0 radical (unpaired) electrons. The number of hydrogen-bond donors (Lipinski definition) is 1. The molecule has 2 atom stereocenters. The first-order chi connectivity index (χ1) is 8.17. The highest BCUT2D eigenvalue weighted by molar-refractivity contribution is 8.00. The summed E-state index contributed by atoms with van der Waals surface area (Å²) in [6, 6.07) is 0.565. The Kier molecular flexibility index (Phi) is 4.33. The molecule has 0 aromatic carbocycles. The van der Waals surface area contributed by atoms with Crippen LogP contribution >= 0.6 is 23.1 Å². The lowest BCUT2D eigenvalue weighted by Gasteiger charge is -2.37. The number of nitrogens with two attached hydrogens (primary N) is 1. The van der Waals surface area contributed by atoms with Gasteiger partial charge in [0.15, 0.2) is 5.13 Å². The van der Waals surface area contributed by atoms with Crippen molar-refractivity contribution in [1.29, 1.82) is 0 Å². The van der Waals surface area contributed by atoms with E-state index in [1.54, 1.807) is 11.3 Å².